The average molecular weight is 333 g/mol. The molecule has 1 fully saturated rings. The minimum absolute atomic E-state index is 0.00372. The summed E-state index contributed by atoms with van der Waals surface area (Å²) in [5.74, 6) is 0. The number of benzene rings is 1. The van der Waals surface area contributed by atoms with Crippen LogP contribution < -0.4 is 5.32 Å². The molecular weight excluding hydrogens is 302 g/mol. The van der Waals surface area contributed by atoms with Crippen LogP contribution in [0, 0.1) is 0 Å². The molecule has 1 heterocycles. The average Bonchev–Trinajstić information content (AvgIpc) is 3.02. The zero-order valence-electron chi connectivity index (χ0n) is 15.1. The number of carbonyl (C=O) groups is 1. The summed E-state index contributed by atoms with van der Waals surface area (Å²) in [5, 5.41) is 13.5. The van der Waals surface area contributed by atoms with Crippen LogP contribution in [0.1, 0.15) is 44.3 Å². The molecule has 0 radical (unpaired) electrons. The number of nitrogens with one attached hydrogen (secondary N) is 1. The van der Waals surface area contributed by atoms with E-state index in [0.29, 0.717) is 6.42 Å². The maximum atomic E-state index is 12.5. The lowest BCUT2D eigenvalue weighted by Crippen LogP contribution is -2.46. The van der Waals surface area contributed by atoms with Crippen LogP contribution in [0.4, 0.5) is 4.79 Å². The summed E-state index contributed by atoms with van der Waals surface area (Å²) in [4.78, 5) is 16.6. The maximum Gasteiger partial charge on any atom is 0.317 e. The molecule has 134 valence electrons. The Morgan fingerprint density at radius 2 is 2.08 bits per heavy atom. The molecule has 1 aliphatic rings. The number of nitrogens with zero attached hydrogens (tertiary/aromatic N) is 2. The molecule has 0 bridgehead atoms. The third-order valence-corrected chi connectivity index (χ3v) is 4.70. The summed E-state index contributed by atoms with van der Waals surface area (Å²) >= 11 is 0. The number of hydrogen-bond acceptors (Lipinski definition) is 3. The summed E-state index contributed by atoms with van der Waals surface area (Å²) < 4.78 is 0. The number of rotatable bonds is 7. The van der Waals surface area contributed by atoms with Gasteiger partial charge >= 0.3 is 6.03 Å². The molecule has 5 nitrogen and oxygen atoms in total. The van der Waals surface area contributed by atoms with Gasteiger partial charge in [0.2, 0.25) is 0 Å². The molecule has 2 N–H and O–H groups in total. The van der Waals surface area contributed by atoms with Crippen LogP contribution in [-0.4, -0.2) is 60.2 Å². The second kappa shape index (κ2) is 9.04. The van der Waals surface area contributed by atoms with E-state index in [9.17, 15) is 9.90 Å². The van der Waals surface area contributed by atoms with Crippen molar-refractivity contribution in [3.8, 4) is 0 Å². The van der Waals surface area contributed by atoms with E-state index in [2.05, 4.69) is 10.2 Å². The lowest BCUT2D eigenvalue weighted by Gasteiger charge is -2.28. The highest BCUT2D eigenvalue weighted by molar-refractivity contribution is 5.75. The van der Waals surface area contributed by atoms with E-state index in [4.69, 9.17) is 0 Å². The number of likely N-dealkylation sites (tertiary alicyclic amines) is 1. The normalized spacial score (nSPS) is 20.2. The highest BCUT2D eigenvalue weighted by atomic mass is 16.3. The smallest absolute Gasteiger partial charge is 0.317 e. The first kappa shape index (κ1) is 18.7. The standard InChI is InChI=1S/C19H31N3O2/c1-15(11-13-21(2)3)20-19(24)22-12-7-10-17(22)14-18(23)16-8-5-4-6-9-16/h4-6,8-9,15,17-18,23H,7,10-14H2,1-3H3,(H,20,24). The van der Waals surface area contributed by atoms with Crippen molar-refractivity contribution < 1.29 is 9.90 Å². The van der Waals surface area contributed by atoms with Crippen LogP contribution in [0.2, 0.25) is 0 Å². The molecule has 1 saturated heterocycles. The van der Waals surface area contributed by atoms with E-state index >= 15 is 0 Å². The van der Waals surface area contributed by atoms with Crippen LogP contribution in [-0.2, 0) is 0 Å². The fourth-order valence-electron chi connectivity index (χ4n) is 3.23. The number of urea groups is 1. The van der Waals surface area contributed by atoms with E-state index in [0.717, 1.165) is 37.9 Å². The van der Waals surface area contributed by atoms with E-state index in [1.807, 2.05) is 56.3 Å². The van der Waals surface area contributed by atoms with E-state index in [1.165, 1.54) is 0 Å². The Kier molecular flexibility index (Phi) is 7.06. The fourth-order valence-corrected chi connectivity index (χ4v) is 3.23. The predicted octanol–water partition coefficient (Wildman–Crippen LogP) is 2.62. The van der Waals surface area contributed by atoms with Crippen molar-refractivity contribution in [1.29, 1.82) is 0 Å². The van der Waals surface area contributed by atoms with Gasteiger partial charge in [0.25, 0.3) is 0 Å². The van der Waals surface area contributed by atoms with E-state index in [1.54, 1.807) is 0 Å². The van der Waals surface area contributed by atoms with Crippen molar-refractivity contribution in [3.05, 3.63) is 35.9 Å². The number of hydrogen-bond donors (Lipinski definition) is 2. The predicted molar refractivity (Wildman–Crippen MR) is 96.9 cm³/mol. The fraction of sp³-hybridized carbons (Fsp3) is 0.632. The monoisotopic (exact) mass is 333 g/mol. The molecule has 0 saturated carbocycles. The third-order valence-electron chi connectivity index (χ3n) is 4.70. The Morgan fingerprint density at radius 3 is 2.75 bits per heavy atom. The van der Waals surface area contributed by atoms with Gasteiger partial charge in [-0.25, -0.2) is 4.79 Å². The summed E-state index contributed by atoms with van der Waals surface area (Å²) in [5.41, 5.74) is 0.920. The third kappa shape index (κ3) is 5.49. The number of aliphatic hydroxyl groups excluding tert-OH is 1. The zero-order chi connectivity index (χ0) is 17.5. The Balaban J connectivity index is 1.86. The van der Waals surface area contributed by atoms with Crippen LogP contribution in [0.15, 0.2) is 30.3 Å². The highest BCUT2D eigenvalue weighted by Gasteiger charge is 2.31. The molecule has 24 heavy (non-hydrogen) atoms. The van der Waals surface area contributed by atoms with Crippen LogP contribution in [0.5, 0.6) is 0 Å². The molecule has 3 unspecified atom stereocenters. The molecular formula is C19H31N3O2. The van der Waals surface area contributed by atoms with Crippen molar-refractivity contribution in [1.82, 2.24) is 15.1 Å². The van der Waals surface area contributed by atoms with Crippen LogP contribution in [0.25, 0.3) is 0 Å². The molecule has 1 aromatic rings. The van der Waals surface area contributed by atoms with Crippen molar-refractivity contribution in [2.45, 2.75) is 50.8 Å². The molecule has 1 aliphatic heterocycles. The molecule has 5 heteroatoms. The minimum Gasteiger partial charge on any atom is -0.388 e. The lowest BCUT2D eigenvalue weighted by molar-refractivity contribution is 0.125. The van der Waals surface area contributed by atoms with E-state index in [-0.39, 0.29) is 18.1 Å². The van der Waals surface area contributed by atoms with Gasteiger partial charge in [0, 0.05) is 18.6 Å². The van der Waals surface area contributed by atoms with Gasteiger partial charge in [-0.15, -0.1) is 0 Å². The summed E-state index contributed by atoms with van der Waals surface area (Å²) in [6, 6.07) is 9.96. The Labute approximate surface area is 145 Å². The molecule has 2 amide bonds. The molecule has 3 atom stereocenters. The first-order valence-electron chi connectivity index (χ1n) is 8.92. The molecule has 2 rings (SSSR count). The van der Waals surface area contributed by atoms with Gasteiger partial charge in [-0.2, -0.15) is 0 Å². The second-order valence-corrected chi connectivity index (χ2v) is 7.09. The summed E-state index contributed by atoms with van der Waals surface area (Å²) in [6.45, 7) is 3.78. The lowest BCUT2D eigenvalue weighted by atomic mass is 10.0. The summed E-state index contributed by atoms with van der Waals surface area (Å²) in [6.07, 6.45) is 2.98. The number of amides is 2. The zero-order valence-corrected chi connectivity index (χ0v) is 15.1. The largest absolute Gasteiger partial charge is 0.388 e. The van der Waals surface area contributed by atoms with Gasteiger partial charge in [-0.05, 0) is 58.8 Å². The van der Waals surface area contributed by atoms with Gasteiger partial charge in [0.05, 0.1) is 6.10 Å². The van der Waals surface area contributed by atoms with Gasteiger partial charge in [0.15, 0.2) is 0 Å². The Hall–Kier alpha value is -1.59. The van der Waals surface area contributed by atoms with Crippen LogP contribution >= 0.6 is 0 Å². The minimum atomic E-state index is -0.518. The van der Waals surface area contributed by atoms with Crippen molar-refractivity contribution >= 4 is 6.03 Å². The topological polar surface area (TPSA) is 55.8 Å². The Bertz CT molecular complexity index is 507. The van der Waals surface area contributed by atoms with Gasteiger partial charge in [0.1, 0.15) is 0 Å². The molecule has 1 aromatic carbocycles. The van der Waals surface area contributed by atoms with Crippen molar-refractivity contribution in [2.75, 3.05) is 27.2 Å². The van der Waals surface area contributed by atoms with Crippen molar-refractivity contribution in [3.63, 3.8) is 0 Å². The van der Waals surface area contributed by atoms with E-state index < -0.39 is 6.10 Å². The molecule has 0 spiro atoms. The maximum absolute atomic E-state index is 12.5. The molecule has 0 aromatic heterocycles. The summed E-state index contributed by atoms with van der Waals surface area (Å²) in [7, 11) is 4.08. The Morgan fingerprint density at radius 1 is 1.38 bits per heavy atom. The first-order valence-corrected chi connectivity index (χ1v) is 8.92. The van der Waals surface area contributed by atoms with Crippen molar-refractivity contribution in [2.24, 2.45) is 0 Å². The SMILES string of the molecule is CC(CCN(C)C)NC(=O)N1CCCC1CC(O)c1ccccc1. The molecule has 0 aliphatic carbocycles. The van der Waals surface area contributed by atoms with Gasteiger partial charge in [-0.3, -0.25) is 0 Å². The first-order chi connectivity index (χ1) is 11.5. The second-order valence-electron chi connectivity index (χ2n) is 7.09. The highest BCUT2D eigenvalue weighted by Crippen LogP contribution is 2.27. The number of aliphatic hydroxyl groups is 1. The quantitative estimate of drug-likeness (QED) is 0.806. The number of carbonyl (C=O) groups excluding carboxylic acids is 1. The van der Waals surface area contributed by atoms with Gasteiger partial charge < -0.3 is 20.2 Å². The van der Waals surface area contributed by atoms with Gasteiger partial charge in [-0.1, -0.05) is 30.3 Å². The van der Waals surface area contributed by atoms with Crippen LogP contribution in [0.3, 0.4) is 0 Å².